The first kappa shape index (κ1) is 14.2. The Morgan fingerprint density at radius 3 is 2.76 bits per heavy atom. The average Bonchev–Trinajstić information content (AvgIpc) is 2.95. The minimum atomic E-state index is 0.0114. The van der Waals surface area contributed by atoms with Crippen LogP contribution in [0.1, 0.15) is 33.5 Å². The van der Waals surface area contributed by atoms with Gasteiger partial charge in [0, 0.05) is 10.6 Å². The Hall–Kier alpha value is -1.80. The van der Waals surface area contributed by atoms with E-state index in [1.54, 1.807) is 12.1 Å². The second-order valence-electron chi connectivity index (χ2n) is 5.46. The standard InChI is InChI=1S/C18H17ClO2/c1-12-9-16(7-8-17(12)19)21-11-18(20)15-6-5-13-3-2-4-14(13)10-15/h5-10H,2-4,11H2,1H3. The van der Waals surface area contributed by atoms with Gasteiger partial charge in [0.1, 0.15) is 5.75 Å². The molecule has 0 aromatic heterocycles. The predicted molar refractivity (Wildman–Crippen MR) is 84.5 cm³/mol. The molecule has 0 amide bonds. The maximum Gasteiger partial charge on any atom is 0.200 e. The van der Waals surface area contributed by atoms with Gasteiger partial charge in [-0.05, 0) is 67.1 Å². The highest BCUT2D eigenvalue weighted by Crippen LogP contribution is 2.24. The van der Waals surface area contributed by atoms with E-state index < -0.39 is 0 Å². The Kier molecular flexibility index (Phi) is 3.98. The second-order valence-corrected chi connectivity index (χ2v) is 5.87. The fraction of sp³-hybridized carbons (Fsp3) is 0.278. The third kappa shape index (κ3) is 3.11. The van der Waals surface area contributed by atoms with E-state index in [1.807, 2.05) is 25.1 Å². The number of Topliss-reactive ketones (excluding diaryl/α,β-unsaturated/α-hetero) is 1. The molecule has 2 aromatic rings. The van der Waals surface area contributed by atoms with Crippen molar-refractivity contribution in [2.75, 3.05) is 6.61 Å². The first-order chi connectivity index (χ1) is 10.1. The number of fused-ring (bicyclic) bond motifs is 1. The summed E-state index contributed by atoms with van der Waals surface area (Å²) in [5.41, 5.74) is 4.37. The Bertz CT molecular complexity index is 692. The Balaban J connectivity index is 1.67. The lowest BCUT2D eigenvalue weighted by atomic mass is 10.0. The van der Waals surface area contributed by atoms with Crippen molar-refractivity contribution in [1.82, 2.24) is 0 Å². The molecule has 1 aliphatic rings. The molecule has 0 heterocycles. The number of ether oxygens (including phenoxy) is 1. The maximum atomic E-state index is 12.2. The molecule has 108 valence electrons. The largest absolute Gasteiger partial charge is 0.485 e. The molecule has 0 aliphatic heterocycles. The van der Waals surface area contributed by atoms with Crippen molar-refractivity contribution in [1.29, 1.82) is 0 Å². The quantitative estimate of drug-likeness (QED) is 0.782. The molecular weight excluding hydrogens is 284 g/mol. The monoisotopic (exact) mass is 300 g/mol. The summed E-state index contributed by atoms with van der Waals surface area (Å²) in [7, 11) is 0. The van der Waals surface area contributed by atoms with Gasteiger partial charge in [0.2, 0.25) is 0 Å². The Labute approximate surface area is 129 Å². The summed E-state index contributed by atoms with van der Waals surface area (Å²) in [5.74, 6) is 0.684. The van der Waals surface area contributed by atoms with Gasteiger partial charge in [0.25, 0.3) is 0 Å². The van der Waals surface area contributed by atoms with Gasteiger partial charge in [0.05, 0.1) is 0 Å². The minimum absolute atomic E-state index is 0.0114. The summed E-state index contributed by atoms with van der Waals surface area (Å²) in [4.78, 5) is 12.2. The molecular formula is C18H17ClO2. The van der Waals surface area contributed by atoms with Crippen LogP contribution < -0.4 is 4.74 Å². The molecule has 0 bridgehead atoms. The van der Waals surface area contributed by atoms with Crippen LogP contribution in [0.3, 0.4) is 0 Å². The molecule has 0 unspecified atom stereocenters. The number of carbonyl (C=O) groups is 1. The lowest BCUT2D eigenvalue weighted by molar-refractivity contribution is 0.0921. The number of benzene rings is 2. The molecule has 0 N–H and O–H groups in total. The maximum absolute atomic E-state index is 12.2. The summed E-state index contributed by atoms with van der Waals surface area (Å²) in [6.45, 7) is 1.97. The van der Waals surface area contributed by atoms with Gasteiger partial charge in [-0.15, -0.1) is 0 Å². The normalized spacial score (nSPS) is 13.0. The number of carbonyl (C=O) groups excluding carboxylic acids is 1. The van der Waals surface area contributed by atoms with Crippen LogP contribution in [-0.2, 0) is 12.8 Å². The van der Waals surface area contributed by atoms with Gasteiger partial charge in [0.15, 0.2) is 12.4 Å². The topological polar surface area (TPSA) is 26.3 Å². The fourth-order valence-corrected chi connectivity index (χ4v) is 2.80. The van der Waals surface area contributed by atoms with Crippen LogP contribution in [0.2, 0.25) is 5.02 Å². The molecule has 2 nitrogen and oxygen atoms in total. The van der Waals surface area contributed by atoms with Crippen molar-refractivity contribution >= 4 is 17.4 Å². The van der Waals surface area contributed by atoms with Gasteiger partial charge in [-0.3, -0.25) is 4.79 Å². The number of rotatable bonds is 4. The zero-order valence-corrected chi connectivity index (χ0v) is 12.7. The van der Waals surface area contributed by atoms with Crippen LogP contribution >= 0.6 is 11.6 Å². The first-order valence-electron chi connectivity index (χ1n) is 7.17. The van der Waals surface area contributed by atoms with Gasteiger partial charge in [-0.2, -0.15) is 0 Å². The number of aryl methyl sites for hydroxylation is 3. The van der Waals surface area contributed by atoms with Crippen LogP contribution in [0.4, 0.5) is 0 Å². The number of ketones is 1. The summed E-state index contributed by atoms with van der Waals surface area (Å²) < 4.78 is 5.57. The summed E-state index contributed by atoms with van der Waals surface area (Å²) in [6.07, 6.45) is 3.39. The van der Waals surface area contributed by atoms with Crippen LogP contribution in [0.15, 0.2) is 36.4 Å². The molecule has 0 saturated heterocycles. The lowest BCUT2D eigenvalue weighted by Crippen LogP contribution is -2.12. The Morgan fingerprint density at radius 1 is 1.14 bits per heavy atom. The van der Waals surface area contributed by atoms with E-state index in [0.29, 0.717) is 10.8 Å². The Morgan fingerprint density at radius 2 is 1.95 bits per heavy atom. The van der Waals surface area contributed by atoms with Crippen molar-refractivity contribution < 1.29 is 9.53 Å². The molecule has 0 saturated carbocycles. The molecule has 0 radical (unpaired) electrons. The third-order valence-electron chi connectivity index (χ3n) is 3.92. The van der Waals surface area contributed by atoms with Gasteiger partial charge < -0.3 is 4.74 Å². The van der Waals surface area contributed by atoms with Crippen molar-refractivity contribution in [2.45, 2.75) is 26.2 Å². The minimum Gasteiger partial charge on any atom is -0.485 e. The first-order valence-corrected chi connectivity index (χ1v) is 7.55. The summed E-state index contributed by atoms with van der Waals surface area (Å²) in [6, 6.07) is 11.4. The van der Waals surface area contributed by atoms with E-state index in [4.69, 9.17) is 16.3 Å². The molecule has 0 fully saturated rings. The number of hydrogen-bond donors (Lipinski definition) is 0. The molecule has 2 aromatic carbocycles. The van der Waals surface area contributed by atoms with Crippen molar-refractivity contribution in [3.8, 4) is 5.75 Å². The van der Waals surface area contributed by atoms with Crippen LogP contribution in [0.5, 0.6) is 5.75 Å². The lowest BCUT2D eigenvalue weighted by Gasteiger charge is -2.08. The third-order valence-corrected chi connectivity index (χ3v) is 4.34. The second kappa shape index (κ2) is 5.90. The molecule has 21 heavy (non-hydrogen) atoms. The smallest absolute Gasteiger partial charge is 0.200 e. The molecule has 1 aliphatic carbocycles. The van der Waals surface area contributed by atoms with Gasteiger partial charge in [-0.25, -0.2) is 0 Å². The molecule has 0 atom stereocenters. The SMILES string of the molecule is Cc1cc(OCC(=O)c2ccc3c(c2)CCC3)ccc1Cl. The zero-order chi connectivity index (χ0) is 14.8. The van der Waals surface area contributed by atoms with E-state index in [0.717, 1.165) is 24.0 Å². The predicted octanol–water partition coefficient (Wildman–Crippen LogP) is 4.40. The van der Waals surface area contributed by atoms with E-state index in [1.165, 1.54) is 17.5 Å². The van der Waals surface area contributed by atoms with Gasteiger partial charge >= 0.3 is 0 Å². The fourth-order valence-electron chi connectivity index (χ4n) is 2.68. The van der Waals surface area contributed by atoms with Crippen molar-refractivity contribution in [3.63, 3.8) is 0 Å². The van der Waals surface area contributed by atoms with Crippen LogP contribution in [-0.4, -0.2) is 12.4 Å². The van der Waals surface area contributed by atoms with E-state index in [9.17, 15) is 4.79 Å². The van der Waals surface area contributed by atoms with Crippen molar-refractivity contribution in [2.24, 2.45) is 0 Å². The van der Waals surface area contributed by atoms with Crippen molar-refractivity contribution in [3.05, 3.63) is 63.7 Å². The summed E-state index contributed by atoms with van der Waals surface area (Å²) in [5, 5.41) is 0.701. The highest BCUT2D eigenvalue weighted by molar-refractivity contribution is 6.31. The highest BCUT2D eigenvalue weighted by Gasteiger charge is 2.14. The van der Waals surface area contributed by atoms with Crippen LogP contribution in [0.25, 0.3) is 0 Å². The number of halogens is 1. The van der Waals surface area contributed by atoms with E-state index in [2.05, 4.69) is 6.07 Å². The molecule has 3 heteroatoms. The molecule has 0 spiro atoms. The number of hydrogen-bond acceptors (Lipinski definition) is 2. The average molecular weight is 301 g/mol. The van der Waals surface area contributed by atoms with Gasteiger partial charge in [-0.1, -0.05) is 23.7 Å². The van der Waals surface area contributed by atoms with E-state index in [-0.39, 0.29) is 12.4 Å². The summed E-state index contributed by atoms with van der Waals surface area (Å²) >= 11 is 5.97. The van der Waals surface area contributed by atoms with Crippen LogP contribution in [0, 0.1) is 6.92 Å². The highest BCUT2D eigenvalue weighted by atomic mass is 35.5. The zero-order valence-electron chi connectivity index (χ0n) is 12.0. The molecule has 3 rings (SSSR count). The van der Waals surface area contributed by atoms with E-state index >= 15 is 0 Å².